The van der Waals surface area contributed by atoms with Gasteiger partial charge in [-0.2, -0.15) is 5.10 Å². The van der Waals surface area contributed by atoms with Crippen LogP contribution in [0.25, 0.3) is 5.69 Å². The van der Waals surface area contributed by atoms with Crippen LogP contribution in [0.15, 0.2) is 60.7 Å². The predicted octanol–water partition coefficient (Wildman–Crippen LogP) is 3.74. The van der Waals surface area contributed by atoms with E-state index in [9.17, 15) is 14.4 Å². The molecule has 1 N–H and O–H groups in total. The molecule has 0 spiro atoms. The van der Waals surface area contributed by atoms with Crippen molar-refractivity contribution in [2.75, 3.05) is 51.2 Å². The SMILES string of the molecule is Cc1cc(C(=O)N2CCN(c3cccc(C(=O)NCCN(C)C(=O)OC(C)(C)C)c3)CC2)n(-c2ccccc2)n1. The number of aromatic nitrogens is 2. The molecule has 0 saturated carbocycles. The fourth-order valence-electron chi connectivity index (χ4n) is 4.46. The molecular formula is C30H38N6O4. The topological polar surface area (TPSA) is 100 Å². The smallest absolute Gasteiger partial charge is 0.410 e. The molecule has 3 aromatic rings. The van der Waals surface area contributed by atoms with Gasteiger partial charge < -0.3 is 24.8 Å². The molecule has 10 nitrogen and oxygen atoms in total. The first-order chi connectivity index (χ1) is 19.0. The van der Waals surface area contributed by atoms with Crippen LogP contribution in [0.5, 0.6) is 0 Å². The highest BCUT2D eigenvalue weighted by molar-refractivity contribution is 5.95. The number of hydrogen-bond donors (Lipinski definition) is 1. The molecule has 1 aliphatic rings. The van der Waals surface area contributed by atoms with E-state index in [2.05, 4.69) is 15.3 Å². The number of anilines is 1. The van der Waals surface area contributed by atoms with Crippen LogP contribution in [0.1, 0.15) is 47.3 Å². The first kappa shape index (κ1) is 28.7. The lowest BCUT2D eigenvalue weighted by atomic mass is 10.1. The summed E-state index contributed by atoms with van der Waals surface area (Å²) in [7, 11) is 1.64. The van der Waals surface area contributed by atoms with Crippen LogP contribution in [0, 0.1) is 6.92 Å². The Hall–Kier alpha value is -4.34. The standard InChI is InChI=1S/C30H38N6O4/c1-22-20-26(36(32-22)24-11-7-6-8-12-24)28(38)35-18-16-34(17-19-35)25-13-9-10-23(21-25)27(37)31-14-15-33(5)29(39)40-30(2,3)4/h6-13,20-21H,14-19H2,1-5H3,(H,31,37). The number of para-hydroxylation sites is 1. The number of piperazine rings is 1. The van der Waals surface area contributed by atoms with Gasteiger partial charge in [-0.3, -0.25) is 9.59 Å². The Kier molecular flexibility index (Phi) is 8.77. The van der Waals surface area contributed by atoms with Crippen LogP contribution in [0.4, 0.5) is 10.5 Å². The largest absolute Gasteiger partial charge is 0.444 e. The van der Waals surface area contributed by atoms with E-state index in [4.69, 9.17) is 4.74 Å². The van der Waals surface area contributed by atoms with Gasteiger partial charge in [0.25, 0.3) is 11.8 Å². The molecular weight excluding hydrogens is 508 g/mol. The molecule has 1 aromatic heterocycles. The Balaban J connectivity index is 1.32. The molecule has 1 fully saturated rings. The molecule has 0 radical (unpaired) electrons. The lowest BCUT2D eigenvalue weighted by molar-refractivity contribution is 0.0299. The summed E-state index contributed by atoms with van der Waals surface area (Å²) in [6, 6.07) is 18.9. The van der Waals surface area contributed by atoms with Crippen molar-refractivity contribution >= 4 is 23.6 Å². The number of nitrogens with zero attached hydrogens (tertiary/aromatic N) is 5. The Morgan fingerprint density at radius 2 is 1.62 bits per heavy atom. The summed E-state index contributed by atoms with van der Waals surface area (Å²) in [4.78, 5) is 43.8. The molecule has 4 rings (SSSR count). The number of aryl methyl sites for hydroxylation is 1. The van der Waals surface area contributed by atoms with Gasteiger partial charge in [0.15, 0.2) is 0 Å². The zero-order valence-electron chi connectivity index (χ0n) is 23.9. The molecule has 10 heteroatoms. The molecule has 1 aliphatic heterocycles. The summed E-state index contributed by atoms with van der Waals surface area (Å²) < 4.78 is 7.04. The number of carbonyl (C=O) groups is 3. The normalized spacial score (nSPS) is 13.6. The van der Waals surface area contributed by atoms with Gasteiger partial charge in [-0.15, -0.1) is 0 Å². The predicted molar refractivity (Wildman–Crippen MR) is 154 cm³/mol. The summed E-state index contributed by atoms with van der Waals surface area (Å²) in [6.45, 7) is 10.4. The van der Waals surface area contributed by atoms with Crippen molar-refractivity contribution in [1.29, 1.82) is 0 Å². The van der Waals surface area contributed by atoms with Crippen molar-refractivity contribution in [3.8, 4) is 5.69 Å². The zero-order valence-corrected chi connectivity index (χ0v) is 23.9. The third-order valence-electron chi connectivity index (χ3n) is 6.53. The van der Waals surface area contributed by atoms with Crippen LogP contribution in [-0.4, -0.2) is 89.4 Å². The maximum Gasteiger partial charge on any atom is 0.410 e. The molecule has 2 heterocycles. The maximum absolute atomic E-state index is 13.4. The Bertz CT molecular complexity index is 1340. The van der Waals surface area contributed by atoms with Gasteiger partial charge in [-0.05, 0) is 64.1 Å². The zero-order chi connectivity index (χ0) is 28.9. The molecule has 212 valence electrons. The second-order valence-electron chi connectivity index (χ2n) is 10.9. The molecule has 1 saturated heterocycles. The van der Waals surface area contributed by atoms with Gasteiger partial charge in [-0.1, -0.05) is 24.3 Å². The Labute approximate surface area is 235 Å². The quantitative estimate of drug-likeness (QED) is 0.485. The van der Waals surface area contributed by atoms with Crippen molar-refractivity contribution in [2.24, 2.45) is 0 Å². The second-order valence-corrected chi connectivity index (χ2v) is 10.9. The number of ether oxygens (including phenoxy) is 1. The molecule has 0 atom stereocenters. The summed E-state index contributed by atoms with van der Waals surface area (Å²) in [6.07, 6.45) is -0.430. The highest BCUT2D eigenvalue weighted by atomic mass is 16.6. The summed E-state index contributed by atoms with van der Waals surface area (Å²) >= 11 is 0. The van der Waals surface area contributed by atoms with Crippen molar-refractivity contribution in [3.05, 3.63) is 77.6 Å². The number of hydrogen-bond acceptors (Lipinski definition) is 6. The van der Waals surface area contributed by atoms with Crippen molar-refractivity contribution in [1.82, 2.24) is 24.9 Å². The monoisotopic (exact) mass is 546 g/mol. The average Bonchev–Trinajstić information content (AvgIpc) is 3.33. The number of likely N-dealkylation sites (N-methyl/N-ethyl adjacent to an activating group) is 1. The molecule has 0 bridgehead atoms. The van der Waals surface area contributed by atoms with Crippen molar-refractivity contribution in [3.63, 3.8) is 0 Å². The number of carbonyl (C=O) groups excluding carboxylic acids is 3. The van der Waals surface area contributed by atoms with E-state index in [0.717, 1.165) is 17.1 Å². The van der Waals surface area contributed by atoms with E-state index in [1.807, 2.05) is 87.2 Å². The maximum atomic E-state index is 13.4. The highest BCUT2D eigenvalue weighted by Gasteiger charge is 2.26. The number of amides is 3. The Morgan fingerprint density at radius 1 is 0.950 bits per heavy atom. The van der Waals surface area contributed by atoms with E-state index in [1.165, 1.54) is 4.90 Å². The summed E-state index contributed by atoms with van der Waals surface area (Å²) in [5, 5.41) is 7.40. The van der Waals surface area contributed by atoms with Gasteiger partial charge in [0.2, 0.25) is 0 Å². The highest BCUT2D eigenvalue weighted by Crippen LogP contribution is 2.20. The summed E-state index contributed by atoms with van der Waals surface area (Å²) in [5.74, 6) is -0.258. The molecule has 0 aliphatic carbocycles. The first-order valence-electron chi connectivity index (χ1n) is 13.5. The lowest BCUT2D eigenvalue weighted by Crippen LogP contribution is -2.49. The van der Waals surface area contributed by atoms with E-state index >= 15 is 0 Å². The van der Waals surface area contributed by atoms with Crippen molar-refractivity contribution < 1.29 is 19.1 Å². The van der Waals surface area contributed by atoms with Gasteiger partial charge >= 0.3 is 6.09 Å². The van der Waals surface area contributed by atoms with E-state index < -0.39 is 11.7 Å². The fourth-order valence-corrected chi connectivity index (χ4v) is 4.46. The third kappa shape index (κ3) is 7.19. The molecule has 0 unspecified atom stereocenters. The van der Waals surface area contributed by atoms with E-state index in [0.29, 0.717) is 50.5 Å². The Morgan fingerprint density at radius 3 is 2.30 bits per heavy atom. The number of rotatable bonds is 7. The number of benzene rings is 2. The van der Waals surface area contributed by atoms with Crippen molar-refractivity contribution in [2.45, 2.75) is 33.3 Å². The van der Waals surface area contributed by atoms with E-state index in [-0.39, 0.29) is 11.8 Å². The first-order valence-corrected chi connectivity index (χ1v) is 13.5. The summed E-state index contributed by atoms with van der Waals surface area (Å²) in [5.41, 5.74) is 3.08. The van der Waals surface area contributed by atoms with E-state index in [1.54, 1.807) is 17.8 Å². The number of nitrogens with one attached hydrogen (secondary N) is 1. The molecule has 2 aromatic carbocycles. The minimum Gasteiger partial charge on any atom is -0.444 e. The molecule has 3 amide bonds. The van der Waals surface area contributed by atoms with Crippen LogP contribution < -0.4 is 10.2 Å². The third-order valence-corrected chi connectivity index (χ3v) is 6.53. The minimum absolute atomic E-state index is 0.0476. The van der Waals surface area contributed by atoms with Crippen LogP contribution >= 0.6 is 0 Å². The van der Waals surface area contributed by atoms with Gasteiger partial charge in [0.05, 0.1) is 11.4 Å². The lowest BCUT2D eigenvalue weighted by Gasteiger charge is -2.36. The second kappa shape index (κ2) is 12.2. The van der Waals surface area contributed by atoms with Gasteiger partial charge in [0.1, 0.15) is 11.3 Å². The van der Waals surface area contributed by atoms with Gasteiger partial charge in [0, 0.05) is 57.6 Å². The van der Waals surface area contributed by atoms with Crippen LogP contribution in [0.3, 0.4) is 0 Å². The van der Waals surface area contributed by atoms with Crippen LogP contribution in [0.2, 0.25) is 0 Å². The van der Waals surface area contributed by atoms with Gasteiger partial charge in [-0.25, -0.2) is 9.48 Å². The average molecular weight is 547 g/mol. The fraction of sp³-hybridized carbons (Fsp3) is 0.400. The minimum atomic E-state index is -0.572. The van der Waals surface area contributed by atoms with Crippen LogP contribution in [-0.2, 0) is 4.74 Å². The molecule has 40 heavy (non-hydrogen) atoms.